The molecule has 3 aromatic rings. The number of carbonyl (C=O) groups is 3. The first-order valence-corrected chi connectivity index (χ1v) is 9.62. The number of amides is 3. The summed E-state index contributed by atoms with van der Waals surface area (Å²) in [5, 5.41) is 8.31. The van der Waals surface area contributed by atoms with E-state index in [1.54, 1.807) is 54.6 Å². The molecule has 3 rings (SSSR count). The first kappa shape index (κ1) is 20.8. The Morgan fingerprint density at radius 3 is 2.00 bits per heavy atom. The summed E-state index contributed by atoms with van der Waals surface area (Å²) in [5.41, 5.74) is 2.54. The van der Waals surface area contributed by atoms with Crippen molar-refractivity contribution in [3.63, 3.8) is 0 Å². The number of hydrogen-bond acceptors (Lipinski definition) is 3. The van der Waals surface area contributed by atoms with E-state index in [2.05, 4.69) is 16.0 Å². The van der Waals surface area contributed by atoms with Crippen molar-refractivity contribution in [1.29, 1.82) is 0 Å². The lowest BCUT2D eigenvalue weighted by Gasteiger charge is -2.16. The summed E-state index contributed by atoms with van der Waals surface area (Å²) >= 11 is 0. The van der Waals surface area contributed by atoms with Gasteiger partial charge in [-0.15, -0.1) is 0 Å². The van der Waals surface area contributed by atoms with Crippen molar-refractivity contribution in [2.75, 3.05) is 11.9 Å². The van der Waals surface area contributed by atoms with Gasteiger partial charge in [-0.1, -0.05) is 48.5 Å². The Labute approximate surface area is 175 Å². The third-order valence-corrected chi connectivity index (χ3v) is 4.50. The predicted octanol–water partition coefficient (Wildman–Crippen LogP) is 3.55. The van der Waals surface area contributed by atoms with Crippen LogP contribution in [0, 0.1) is 0 Å². The Morgan fingerprint density at radius 1 is 0.767 bits per heavy atom. The zero-order valence-corrected chi connectivity index (χ0v) is 16.6. The van der Waals surface area contributed by atoms with E-state index in [1.165, 1.54) is 0 Å². The lowest BCUT2D eigenvalue weighted by atomic mass is 10.1. The van der Waals surface area contributed by atoms with Crippen LogP contribution in [0.3, 0.4) is 0 Å². The minimum atomic E-state index is -0.302. The van der Waals surface area contributed by atoms with Crippen molar-refractivity contribution < 1.29 is 14.4 Å². The Balaban J connectivity index is 1.54. The van der Waals surface area contributed by atoms with Crippen molar-refractivity contribution >= 4 is 23.4 Å². The van der Waals surface area contributed by atoms with Crippen molar-refractivity contribution in [3.8, 4) is 0 Å². The molecule has 6 nitrogen and oxygen atoms in total. The molecular weight excluding hydrogens is 378 g/mol. The second-order valence-electron chi connectivity index (χ2n) is 6.78. The fourth-order valence-corrected chi connectivity index (χ4v) is 2.91. The van der Waals surface area contributed by atoms with Crippen LogP contribution in [-0.2, 0) is 4.79 Å². The van der Waals surface area contributed by atoms with Gasteiger partial charge >= 0.3 is 0 Å². The van der Waals surface area contributed by atoms with Gasteiger partial charge in [-0.25, -0.2) is 0 Å². The number of benzene rings is 3. The number of hydrogen-bond donors (Lipinski definition) is 3. The minimum Gasteiger partial charge on any atom is -0.348 e. The predicted molar refractivity (Wildman–Crippen MR) is 116 cm³/mol. The molecule has 0 aliphatic rings. The van der Waals surface area contributed by atoms with Crippen molar-refractivity contribution in [2.45, 2.75) is 13.0 Å². The van der Waals surface area contributed by atoms with Crippen LogP contribution in [-0.4, -0.2) is 24.3 Å². The Bertz CT molecular complexity index is 1020. The fourth-order valence-electron chi connectivity index (χ4n) is 2.91. The zero-order chi connectivity index (χ0) is 21.3. The quantitative estimate of drug-likeness (QED) is 0.566. The van der Waals surface area contributed by atoms with Crippen LogP contribution in [0.4, 0.5) is 5.69 Å². The molecule has 0 radical (unpaired) electrons. The molecule has 1 atom stereocenters. The van der Waals surface area contributed by atoms with E-state index in [0.29, 0.717) is 16.8 Å². The van der Waals surface area contributed by atoms with E-state index < -0.39 is 0 Å². The molecule has 3 N–H and O–H groups in total. The second kappa shape index (κ2) is 10.0. The number of carbonyl (C=O) groups excluding carboxylic acids is 3. The summed E-state index contributed by atoms with van der Waals surface area (Å²) in [5.74, 6) is -0.803. The summed E-state index contributed by atoms with van der Waals surface area (Å²) in [6, 6.07) is 24.7. The van der Waals surface area contributed by atoms with Crippen molar-refractivity contribution in [3.05, 3.63) is 102 Å². The van der Waals surface area contributed by atoms with E-state index in [-0.39, 0.29) is 30.3 Å². The van der Waals surface area contributed by atoms with Crippen LogP contribution in [0.5, 0.6) is 0 Å². The molecule has 3 amide bonds. The number of nitrogens with one attached hydrogen (secondary N) is 3. The van der Waals surface area contributed by atoms with Gasteiger partial charge in [0.1, 0.15) is 0 Å². The summed E-state index contributed by atoms with van der Waals surface area (Å²) in [6.45, 7) is 1.72. The molecule has 0 aliphatic heterocycles. The van der Waals surface area contributed by atoms with Crippen LogP contribution in [0.25, 0.3) is 0 Å². The molecule has 0 fully saturated rings. The van der Waals surface area contributed by atoms with Gasteiger partial charge < -0.3 is 16.0 Å². The first-order chi connectivity index (χ1) is 14.5. The number of rotatable bonds is 7. The highest BCUT2D eigenvalue weighted by Crippen LogP contribution is 2.18. The molecule has 0 aliphatic carbocycles. The molecule has 0 saturated carbocycles. The molecule has 0 saturated heterocycles. The lowest BCUT2D eigenvalue weighted by Crippen LogP contribution is -2.38. The van der Waals surface area contributed by atoms with Crippen LogP contribution < -0.4 is 16.0 Å². The Kier molecular flexibility index (Phi) is 6.95. The SMILES string of the molecule is CC(NC(=O)CNC(=O)c1ccccc1)c1cccc(NC(=O)c2ccccc2)c1. The normalized spacial score (nSPS) is 11.2. The third kappa shape index (κ3) is 5.78. The van der Waals surface area contributed by atoms with Gasteiger partial charge in [-0.2, -0.15) is 0 Å². The third-order valence-electron chi connectivity index (χ3n) is 4.50. The highest BCUT2D eigenvalue weighted by atomic mass is 16.2. The maximum absolute atomic E-state index is 12.3. The van der Waals surface area contributed by atoms with Crippen LogP contribution >= 0.6 is 0 Å². The summed E-state index contributed by atoms with van der Waals surface area (Å²) in [7, 11) is 0. The monoisotopic (exact) mass is 401 g/mol. The molecule has 1 unspecified atom stereocenters. The van der Waals surface area contributed by atoms with Crippen LogP contribution in [0.2, 0.25) is 0 Å². The molecule has 0 aromatic heterocycles. The second-order valence-corrected chi connectivity index (χ2v) is 6.78. The van der Waals surface area contributed by atoms with Gasteiger partial charge in [0.25, 0.3) is 11.8 Å². The first-order valence-electron chi connectivity index (χ1n) is 9.62. The minimum absolute atomic E-state index is 0.123. The van der Waals surface area contributed by atoms with E-state index in [9.17, 15) is 14.4 Å². The summed E-state index contributed by atoms with van der Waals surface area (Å²) in [6.07, 6.45) is 0. The average molecular weight is 401 g/mol. The van der Waals surface area contributed by atoms with E-state index >= 15 is 0 Å². The molecule has 30 heavy (non-hydrogen) atoms. The molecule has 0 spiro atoms. The molecule has 6 heteroatoms. The van der Waals surface area contributed by atoms with E-state index in [1.807, 2.05) is 37.3 Å². The smallest absolute Gasteiger partial charge is 0.255 e. The van der Waals surface area contributed by atoms with Gasteiger partial charge in [0.2, 0.25) is 5.91 Å². The van der Waals surface area contributed by atoms with Crippen LogP contribution in [0.15, 0.2) is 84.9 Å². The lowest BCUT2D eigenvalue weighted by molar-refractivity contribution is -0.120. The average Bonchev–Trinajstić information content (AvgIpc) is 2.78. The van der Waals surface area contributed by atoms with Gasteiger partial charge in [0, 0.05) is 16.8 Å². The fraction of sp³-hybridized carbons (Fsp3) is 0.125. The van der Waals surface area contributed by atoms with E-state index in [4.69, 9.17) is 0 Å². The maximum atomic E-state index is 12.3. The Morgan fingerprint density at radius 2 is 1.37 bits per heavy atom. The molecular formula is C24H23N3O3. The molecule has 3 aromatic carbocycles. The van der Waals surface area contributed by atoms with Crippen molar-refractivity contribution in [1.82, 2.24) is 10.6 Å². The molecule has 0 heterocycles. The topological polar surface area (TPSA) is 87.3 Å². The largest absolute Gasteiger partial charge is 0.348 e. The summed E-state index contributed by atoms with van der Waals surface area (Å²) < 4.78 is 0. The standard InChI is InChI=1S/C24H23N3O3/c1-17(26-22(28)16-25-23(29)18-9-4-2-5-10-18)20-13-8-14-21(15-20)27-24(30)19-11-6-3-7-12-19/h2-15,17H,16H2,1H3,(H,25,29)(H,26,28)(H,27,30). The van der Waals surface area contributed by atoms with Gasteiger partial charge in [-0.05, 0) is 48.9 Å². The van der Waals surface area contributed by atoms with Gasteiger partial charge in [-0.3, -0.25) is 14.4 Å². The summed E-state index contributed by atoms with van der Waals surface area (Å²) in [4.78, 5) is 36.6. The molecule has 0 bridgehead atoms. The van der Waals surface area contributed by atoms with Gasteiger partial charge in [0.05, 0.1) is 12.6 Å². The number of anilines is 1. The molecule has 152 valence electrons. The van der Waals surface area contributed by atoms with Crippen LogP contribution in [0.1, 0.15) is 39.2 Å². The maximum Gasteiger partial charge on any atom is 0.255 e. The van der Waals surface area contributed by atoms with Gasteiger partial charge in [0.15, 0.2) is 0 Å². The highest BCUT2D eigenvalue weighted by Gasteiger charge is 2.13. The van der Waals surface area contributed by atoms with Crippen molar-refractivity contribution in [2.24, 2.45) is 0 Å². The highest BCUT2D eigenvalue weighted by molar-refractivity contribution is 6.04. The van der Waals surface area contributed by atoms with E-state index in [0.717, 1.165) is 5.56 Å². The Hall–Kier alpha value is -3.93. The zero-order valence-electron chi connectivity index (χ0n) is 16.6.